The van der Waals surface area contributed by atoms with E-state index in [1.165, 1.54) is 0 Å². The summed E-state index contributed by atoms with van der Waals surface area (Å²) < 4.78 is 11.1. The van der Waals surface area contributed by atoms with E-state index in [2.05, 4.69) is 17.6 Å². The summed E-state index contributed by atoms with van der Waals surface area (Å²) in [4.78, 5) is 12.2. The lowest BCUT2D eigenvalue weighted by atomic mass is 9.92. The van der Waals surface area contributed by atoms with Gasteiger partial charge in [0, 0.05) is 18.5 Å². The van der Waals surface area contributed by atoms with Gasteiger partial charge in [-0.3, -0.25) is 4.79 Å². The summed E-state index contributed by atoms with van der Waals surface area (Å²) in [6.07, 6.45) is 2.54. The van der Waals surface area contributed by atoms with E-state index in [4.69, 9.17) is 21.1 Å². The third-order valence-electron chi connectivity index (χ3n) is 4.36. The first-order valence-electron chi connectivity index (χ1n) is 8.22. The fourth-order valence-corrected chi connectivity index (χ4v) is 3.44. The van der Waals surface area contributed by atoms with Gasteiger partial charge in [0.05, 0.1) is 5.02 Å². The van der Waals surface area contributed by atoms with Crippen LogP contribution >= 0.6 is 24.0 Å². The number of hydrogen-bond acceptors (Lipinski definition) is 4. The molecule has 2 aliphatic heterocycles. The van der Waals surface area contributed by atoms with E-state index in [9.17, 15) is 4.79 Å². The number of carbonyl (C=O) groups excluding carboxylic acids is 1. The van der Waals surface area contributed by atoms with Crippen molar-refractivity contribution in [3.8, 4) is 11.5 Å². The molecule has 7 heteroatoms. The topological polar surface area (TPSA) is 59.6 Å². The average molecular weight is 375 g/mol. The average Bonchev–Trinajstić information content (AvgIpc) is 2.55. The maximum absolute atomic E-state index is 12.2. The van der Waals surface area contributed by atoms with Crippen LogP contribution in [0.4, 0.5) is 0 Å². The quantitative estimate of drug-likeness (QED) is 0.850. The Morgan fingerprint density at radius 2 is 2.17 bits per heavy atom. The van der Waals surface area contributed by atoms with E-state index in [0.717, 1.165) is 31.4 Å². The fourth-order valence-electron chi connectivity index (χ4n) is 3.15. The SMILES string of the molecule is C[C@H]1C[C@@H](C(=O)NCCc2cc(Cl)c3c(c2)OCCO3)CCN1.Cl. The molecule has 3 rings (SSSR count). The number of amides is 1. The molecule has 0 spiro atoms. The van der Waals surface area contributed by atoms with Crippen molar-refractivity contribution in [1.82, 2.24) is 10.6 Å². The van der Waals surface area contributed by atoms with Crippen LogP contribution in [0.15, 0.2) is 12.1 Å². The van der Waals surface area contributed by atoms with E-state index < -0.39 is 0 Å². The molecule has 0 saturated carbocycles. The predicted molar refractivity (Wildman–Crippen MR) is 96.6 cm³/mol. The van der Waals surface area contributed by atoms with Gasteiger partial charge < -0.3 is 20.1 Å². The normalized spacial score (nSPS) is 22.4. The van der Waals surface area contributed by atoms with E-state index >= 15 is 0 Å². The molecule has 0 aromatic heterocycles. The zero-order valence-electron chi connectivity index (χ0n) is 13.8. The number of rotatable bonds is 4. The van der Waals surface area contributed by atoms with Crippen LogP contribution in [0.5, 0.6) is 11.5 Å². The van der Waals surface area contributed by atoms with Crippen LogP contribution in [0.25, 0.3) is 0 Å². The van der Waals surface area contributed by atoms with Gasteiger partial charge in [-0.05, 0) is 50.4 Å². The molecule has 0 bridgehead atoms. The van der Waals surface area contributed by atoms with Crippen LogP contribution in [0.1, 0.15) is 25.3 Å². The zero-order chi connectivity index (χ0) is 16.2. The Bertz CT molecular complexity index is 583. The molecule has 1 aromatic rings. The highest BCUT2D eigenvalue weighted by atomic mass is 35.5. The first-order valence-corrected chi connectivity index (χ1v) is 8.60. The van der Waals surface area contributed by atoms with Gasteiger partial charge in [-0.25, -0.2) is 0 Å². The van der Waals surface area contributed by atoms with Crippen LogP contribution in [-0.2, 0) is 11.2 Å². The minimum absolute atomic E-state index is 0. The molecule has 134 valence electrons. The minimum Gasteiger partial charge on any atom is -0.486 e. The Kier molecular flexibility index (Phi) is 7.02. The maximum atomic E-state index is 12.2. The lowest BCUT2D eigenvalue weighted by Crippen LogP contribution is -2.42. The van der Waals surface area contributed by atoms with Crippen molar-refractivity contribution < 1.29 is 14.3 Å². The number of fused-ring (bicyclic) bond motifs is 1. The molecular formula is C17H24Cl2N2O3. The monoisotopic (exact) mass is 374 g/mol. The molecule has 1 amide bonds. The van der Waals surface area contributed by atoms with Crippen molar-refractivity contribution in [2.75, 3.05) is 26.3 Å². The van der Waals surface area contributed by atoms with Crippen molar-refractivity contribution in [1.29, 1.82) is 0 Å². The standard InChI is InChI=1S/C17H23ClN2O3.ClH/c1-11-8-13(3-5-19-11)17(21)20-4-2-12-9-14(18)16-15(10-12)22-6-7-23-16;/h9-11,13,19H,2-8H2,1H3,(H,20,21);1H/t11-,13-;/m0./s1. The Balaban J connectivity index is 0.00000208. The summed E-state index contributed by atoms with van der Waals surface area (Å²) in [5.41, 5.74) is 1.04. The predicted octanol–water partition coefficient (Wildman–Crippen LogP) is 2.58. The van der Waals surface area contributed by atoms with Crippen molar-refractivity contribution >= 4 is 29.9 Å². The second kappa shape index (κ2) is 8.79. The van der Waals surface area contributed by atoms with Crippen LogP contribution in [-0.4, -0.2) is 38.3 Å². The highest BCUT2D eigenvalue weighted by molar-refractivity contribution is 6.32. The van der Waals surface area contributed by atoms with Gasteiger partial charge in [-0.15, -0.1) is 12.4 Å². The molecule has 2 aliphatic rings. The molecule has 24 heavy (non-hydrogen) atoms. The number of ether oxygens (including phenoxy) is 2. The number of piperidine rings is 1. The van der Waals surface area contributed by atoms with Gasteiger partial charge in [-0.1, -0.05) is 11.6 Å². The minimum atomic E-state index is 0. The third-order valence-corrected chi connectivity index (χ3v) is 4.64. The van der Waals surface area contributed by atoms with E-state index in [1.807, 2.05) is 12.1 Å². The summed E-state index contributed by atoms with van der Waals surface area (Å²) in [5, 5.41) is 6.97. The van der Waals surface area contributed by atoms with Crippen molar-refractivity contribution in [2.45, 2.75) is 32.2 Å². The van der Waals surface area contributed by atoms with Crippen LogP contribution in [0, 0.1) is 5.92 Å². The van der Waals surface area contributed by atoms with Crippen LogP contribution in [0.2, 0.25) is 5.02 Å². The first kappa shape index (κ1) is 19.2. The lowest BCUT2D eigenvalue weighted by molar-refractivity contribution is -0.126. The summed E-state index contributed by atoms with van der Waals surface area (Å²) in [5.74, 6) is 1.59. The molecule has 2 heterocycles. The van der Waals surface area contributed by atoms with Gasteiger partial charge in [0.25, 0.3) is 0 Å². The van der Waals surface area contributed by atoms with Gasteiger partial charge in [0.2, 0.25) is 5.91 Å². The largest absolute Gasteiger partial charge is 0.486 e. The summed E-state index contributed by atoms with van der Waals surface area (Å²) in [6, 6.07) is 4.24. The fraction of sp³-hybridized carbons (Fsp3) is 0.588. The zero-order valence-corrected chi connectivity index (χ0v) is 15.3. The van der Waals surface area contributed by atoms with Crippen molar-refractivity contribution in [2.24, 2.45) is 5.92 Å². The summed E-state index contributed by atoms with van der Waals surface area (Å²) in [6.45, 7) is 4.70. The second-order valence-electron chi connectivity index (χ2n) is 6.22. The Labute approximate surface area is 153 Å². The molecule has 5 nitrogen and oxygen atoms in total. The van der Waals surface area contributed by atoms with Crippen LogP contribution in [0.3, 0.4) is 0 Å². The Morgan fingerprint density at radius 3 is 2.96 bits per heavy atom. The third kappa shape index (κ3) is 4.68. The molecule has 2 atom stereocenters. The smallest absolute Gasteiger partial charge is 0.223 e. The Morgan fingerprint density at radius 1 is 1.38 bits per heavy atom. The second-order valence-corrected chi connectivity index (χ2v) is 6.63. The molecule has 0 unspecified atom stereocenters. The van der Waals surface area contributed by atoms with Crippen molar-refractivity contribution in [3.05, 3.63) is 22.7 Å². The molecule has 1 aromatic carbocycles. The maximum Gasteiger partial charge on any atom is 0.223 e. The van der Waals surface area contributed by atoms with Gasteiger partial charge in [0.15, 0.2) is 11.5 Å². The van der Waals surface area contributed by atoms with Gasteiger partial charge in [-0.2, -0.15) is 0 Å². The molecule has 1 saturated heterocycles. The molecule has 0 radical (unpaired) electrons. The van der Waals surface area contributed by atoms with Crippen LogP contribution < -0.4 is 20.1 Å². The molecule has 2 N–H and O–H groups in total. The highest BCUT2D eigenvalue weighted by Crippen LogP contribution is 2.38. The van der Waals surface area contributed by atoms with E-state index in [1.54, 1.807) is 0 Å². The Hall–Kier alpha value is -1.17. The summed E-state index contributed by atoms with van der Waals surface area (Å²) >= 11 is 6.23. The van der Waals surface area contributed by atoms with Crippen molar-refractivity contribution in [3.63, 3.8) is 0 Å². The number of hydrogen-bond donors (Lipinski definition) is 2. The number of halogens is 2. The van der Waals surface area contributed by atoms with Gasteiger partial charge >= 0.3 is 0 Å². The van der Waals surface area contributed by atoms with Gasteiger partial charge in [0.1, 0.15) is 13.2 Å². The number of carbonyl (C=O) groups is 1. The lowest BCUT2D eigenvalue weighted by Gasteiger charge is -2.27. The molecular weight excluding hydrogens is 351 g/mol. The molecule has 0 aliphatic carbocycles. The molecule has 1 fully saturated rings. The summed E-state index contributed by atoms with van der Waals surface area (Å²) in [7, 11) is 0. The highest BCUT2D eigenvalue weighted by Gasteiger charge is 2.24. The number of nitrogens with one attached hydrogen (secondary N) is 2. The number of benzene rings is 1. The van der Waals surface area contributed by atoms with E-state index in [0.29, 0.717) is 42.3 Å². The van der Waals surface area contributed by atoms with E-state index in [-0.39, 0.29) is 24.2 Å². The first-order chi connectivity index (χ1) is 11.1.